The molecule has 108 valence electrons. The molecule has 1 aliphatic heterocycles. The SMILES string of the molecule is CCC(=O)C1CCN(C(=O)Cc2ccc(C)cc2)CC1. The molecule has 0 N–H and O–H groups in total. The highest BCUT2D eigenvalue weighted by Gasteiger charge is 2.26. The third-order valence-corrected chi connectivity index (χ3v) is 4.13. The molecule has 1 aromatic rings. The summed E-state index contributed by atoms with van der Waals surface area (Å²) in [6.07, 6.45) is 2.73. The topological polar surface area (TPSA) is 37.4 Å². The van der Waals surface area contributed by atoms with E-state index in [-0.39, 0.29) is 11.8 Å². The van der Waals surface area contributed by atoms with Crippen LogP contribution in [0.4, 0.5) is 0 Å². The first-order valence-corrected chi connectivity index (χ1v) is 7.46. The Balaban J connectivity index is 1.85. The van der Waals surface area contributed by atoms with Gasteiger partial charge in [-0.3, -0.25) is 9.59 Å². The Morgan fingerprint density at radius 2 is 1.75 bits per heavy atom. The van der Waals surface area contributed by atoms with Gasteiger partial charge in [-0.1, -0.05) is 36.8 Å². The molecule has 1 aliphatic rings. The zero-order chi connectivity index (χ0) is 14.5. The maximum absolute atomic E-state index is 12.2. The van der Waals surface area contributed by atoms with E-state index in [9.17, 15) is 9.59 Å². The van der Waals surface area contributed by atoms with Gasteiger partial charge in [-0.05, 0) is 25.3 Å². The third kappa shape index (κ3) is 3.69. The predicted octanol–water partition coefficient (Wildman–Crippen LogP) is 2.76. The van der Waals surface area contributed by atoms with Crippen LogP contribution >= 0.6 is 0 Å². The van der Waals surface area contributed by atoms with E-state index in [0.29, 0.717) is 18.6 Å². The normalized spacial score (nSPS) is 16.2. The molecule has 0 radical (unpaired) electrons. The van der Waals surface area contributed by atoms with E-state index >= 15 is 0 Å². The highest BCUT2D eigenvalue weighted by atomic mass is 16.2. The van der Waals surface area contributed by atoms with Gasteiger partial charge in [-0.25, -0.2) is 0 Å². The lowest BCUT2D eigenvalue weighted by Crippen LogP contribution is -2.40. The number of benzene rings is 1. The Hall–Kier alpha value is -1.64. The molecule has 1 aromatic carbocycles. The van der Waals surface area contributed by atoms with Gasteiger partial charge in [0.25, 0.3) is 0 Å². The van der Waals surface area contributed by atoms with Crippen molar-refractivity contribution in [1.29, 1.82) is 0 Å². The van der Waals surface area contributed by atoms with Crippen LogP contribution < -0.4 is 0 Å². The fourth-order valence-corrected chi connectivity index (χ4v) is 2.73. The number of rotatable bonds is 4. The highest BCUT2D eigenvalue weighted by Crippen LogP contribution is 2.20. The molecular formula is C17H23NO2. The molecule has 3 heteroatoms. The number of aryl methyl sites for hydroxylation is 1. The smallest absolute Gasteiger partial charge is 0.226 e. The van der Waals surface area contributed by atoms with Gasteiger partial charge in [-0.2, -0.15) is 0 Å². The second kappa shape index (κ2) is 6.69. The lowest BCUT2D eigenvalue weighted by Gasteiger charge is -2.31. The van der Waals surface area contributed by atoms with Crippen molar-refractivity contribution >= 4 is 11.7 Å². The number of hydrogen-bond acceptors (Lipinski definition) is 2. The van der Waals surface area contributed by atoms with Crippen LogP contribution in [0.3, 0.4) is 0 Å². The molecule has 0 aliphatic carbocycles. The zero-order valence-corrected chi connectivity index (χ0v) is 12.4. The first-order valence-electron chi connectivity index (χ1n) is 7.46. The van der Waals surface area contributed by atoms with Crippen LogP contribution in [0.15, 0.2) is 24.3 Å². The predicted molar refractivity (Wildman–Crippen MR) is 79.5 cm³/mol. The summed E-state index contributed by atoms with van der Waals surface area (Å²) in [4.78, 5) is 25.8. The fourth-order valence-electron chi connectivity index (χ4n) is 2.73. The molecule has 1 heterocycles. The summed E-state index contributed by atoms with van der Waals surface area (Å²) in [5.74, 6) is 0.690. The average Bonchev–Trinajstić information content (AvgIpc) is 2.49. The minimum atomic E-state index is 0.170. The fraction of sp³-hybridized carbons (Fsp3) is 0.529. The summed E-state index contributed by atoms with van der Waals surface area (Å²) in [5, 5.41) is 0. The second-order valence-electron chi connectivity index (χ2n) is 5.64. The number of amides is 1. The molecule has 1 saturated heterocycles. The number of hydrogen-bond donors (Lipinski definition) is 0. The summed E-state index contributed by atoms with van der Waals surface area (Å²) in [6, 6.07) is 8.10. The minimum Gasteiger partial charge on any atom is -0.342 e. The summed E-state index contributed by atoms with van der Waals surface area (Å²) >= 11 is 0. The minimum absolute atomic E-state index is 0.170. The molecule has 0 saturated carbocycles. The van der Waals surface area contributed by atoms with E-state index in [0.717, 1.165) is 31.5 Å². The van der Waals surface area contributed by atoms with Crippen molar-refractivity contribution in [3.63, 3.8) is 0 Å². The van der Waals surface area contributed by atoms with Crippen LogP contribution in [-0.2, 0) is 16.0 Å². The summed E-state index contributed by atoms with van der Waals surface area (Å²) in [5.41, 5.74) is 2.27. The molecule has 0 unspecified atom stereocenters. The van der Waals surface area contributed by atoms with Gasteiger partial charge in [0, 0.05) is 25.4 Å². The van der Waals surface area contributed by atoms with Crippen LogP contribution in [0, 0.1) is 12.8 Å². The Bertz CT molecular complexity index is 470. The van der Waals surface area contributed by atoms with Gasteiger partial charge >= 0.3 is 0 Å². The standard InChI is InChI=1S/C17H23NO2/c1-3-16(19)15-8-10-18(11-9-15)17(20)12-14-6-4-13(2)5-7-14/h4-7,15H,3,8-12H2,1-2H3. The Kier molecular flexibility index (Phi) is 4.94. The first kappa shape index (κ1) is 14.8. The van der Waals surface area contributed by atoms with Gasteiger partial charge in [0.15, 0.2) is 0 Å². The second-order valence-corrected chi connectivity index (χ2v) is 5.64. The van der Waals surface area contributed by atoms with Crippen molar-refractivity contribution in [2.24, 2.45) is 5.92 Å². The maximum atomic E-state index is 12.2. The Morgan fingerprint density at radius 3 is 2.30 bits per heavy atom. The Morgan fingerprint density at radius 1 is 1.15 bits per heavy atom. The van der Waals surface area contributed by atoms with E-state index in [4.69, 9.17) is 0 Å². The zero-order valence-electron chi connectivity index (χ0n) is 12.4. The van der Waals surface area contributed by atoms with Crippen molar-refractivity contribution in [2.75, 3.05) is 13.1 Å². The van der Waals surface area contributed by atoms with Gasteiger partial charge in [0.05, 0.1) is 6.42 Å². The van der Waals surface area contributed by atoms with E-state index in [1.54, 1.807) is 0 Å². The van der Waals surface area contributed by atoms with Gasteiger partial charge < -0.3 is 4.90 Å². The number of carbonyl (C=O) groups excluding carboxylic acids is 2. The van der Waals surface area contributed by atoms with Crippen LogP contribution in [0.2, 0.25) is 0 Å². The molecule has 0 atom stereocenters. The molecule has 3 nitrogen and oxygen atoms in total. The first-order chi connectivity index (χ1) is 9.60. The van der Waals surface area contributed by atoms with Crippen LogP contribution in [-0.4, -0.2) is 29.7 Å². The number of ketones is 1. The largest absolute Gasteiger partial charge is 0.342 e. The van der Waals surface area contributed by atoms with Gasteiger partial charge in [0.2, 0.25) is 5.91 Å². The van der Waals surface area contributed by atoms with E-state index < -0.39 is 0 Å². The molecule has 1 fully saturated rings. The van der Waals surface area contributed by atoms with Crippen molar-refractivity contribution in [3.8, 4) is 0 Å². The monoisotopic (exact) mass is 273 g/mol. The molecule has 0 spiro atoms. The lowest BCUT2D eigenvalue weighted by molar-refractivity contribution is -0.134. The van der Waals surface area contributed by atoms with Crippen LogP contribution in [0.5, 0.6) is 0 Å². The third-order valence-electron chi connectivity index (χ3n) is 4.13. The molecule has 2 rings (SSSR count). The number of carbonyl (C=O) groups is 2. The number of Topliss-reactive ketones (excluding diaryl/α,β-unsaturated/α-hetero) is 1. The molecule has 20 heavy (non-hydrogen) atoms. The van der Waals surface area contributed by atoms with Crippen LogP contribution in [0.25, 0.3) is 0 Å². The highest BCUT2D eigenvalue weighted by molar-refractivity contribution is 5.82. The molecule has 1 amide bonds. The van der Waals surface area contributed by atoms with Crippen molar-refractivity contribution in [2.45, 2.75) is 39.5 Å². The lowest BCUT2D eigenvalue weighted by atomic mass is 9.91. The van der Waals surface area contributed by atoms with Crippen LogP contribution in [0.1, 0.15) is 37.3 Å². The van der Waals surface area contributed by atoms with E-state index in [1.807, 2.05) is 43.0 Å². The van der Waals surface area contributed by atoms with Crippen molar-refractivity contribution in [1.82, 2.24) is 4.90 Å². The van der Waals surface area contributed by atoms with Crippen molar-refractivity contribution in [3.05, 3.63) is 35.4 Å². The maximum Gasteiger partial charge on any atom is 0.226 e. The summed E-state index contributed by atoms with van der Waals surface area (Å²) < 4.78 is 0. The van der Waals surface area contributed by atoms with Crippen molar-refractivity contribution < 1.29 is 9.59 Å². The quantitative estimate of drug-likeness (QED) is 0.846. The molecule has 0 aromatic heterocycles. The molecular weight excluding hydrogens is 250 g/mol. The number of piperidine rings is 1. The number of nitrogens with zero attached hydrogens (tertiary/aromatic N) is 1. The summed E-state index contributed by atoms with van der Waals surface area (Å²) in [7, 11) is 0. The summed E-state index contributed by atoms with van der Waals surface area (Å²) in [6.45, 7) is 5.40. The van der Waals surface area contributed by atoms with Gasteiger partial charge in [0.1, 0.15) is 5.78 Å². The Labute approximate surface area is 121 Å². The van der Waals surface area contributed by atoms with Gasteiger partial charge in [-0.15, -0.1) is 0 Å². The average molecular weight is 273 g/mol. The van der Waals surface area contributed by atoms with E-state index in [1.165, 1.54) is 5.56 Å². The van der Waals surface area contributed by atoms with E-state index in [2.05, 4.69) is 0 Å². The molecule has 0 bridgehead atoms. The number of likely N-dealkylation sites (tertiary alicyclic amines) is 1.